The van der Waals surface area contributed by atoms with Gasteiger partial charge in [-0.1, -0.05) is 6.42 Å². The van der Waals surface area contributed by atoms with Crippen molar-refractivity contribution in [3.63, 3.8) is 0 Å². The van der Waals surface area contributed by atoms with Crippen LogP contribution < -0.4 is 5.32 Å². The largest absolute Gasteiger partial charge is 0.389 e. The molecule has 4 nitrogen and oxygen atoms in total. The molecule has 2 N–H and O–H groups in total. The SMILES string of the molecule is CC(C)OCC(O)CNCCCN1CCCCC1C. The van der Waals surface area contributed by atoms with Crippen molar-refractivity contribution in [2.45, 2.75) is 64.7 Å². The molecule has 0 bridgehead atoms. The Kier molecular flexibility index (Phi) is 8.62. The van der Waals surface area contributed by atoms with E-state index in [-0.39, 0.29) is 6.10 Å². The second-order valence-electron chi connectivity index (χ2n) is 5.97. The lowest BCUT2D eigenvalue weighted by Gasteiger charge is -2.33. The number of aliphatic hydroxyl groups excluding tert-OH is 1. The van der Waals surface area contributed by atoms with E-state index in [1.807, 2.05) is 13.8 Å². The normalized spacial score (nSPS) is 22.9. The standard InChI is InChI=1S/C15H32N2O2/c1-13(2)19-12-15(18)11-16-8-6-10-17-9-5-4-7-14(17)3/h13-16,18H,4-12H2,1-3H3. The first-order valence-corrected chi connectivity index (χ1v) is 7.84. The van der Waals surface area contributed by atoms with Crippen molar-refractivity contribution in [1.82, 2.24) is 10.2 Å². The molecule has 19 heavy (non-hydrogen) atoms. The molecule has 0 saturated carbocycles. The van der Waals surface area contributed by atoms with Gasteiger partial charge < -0.3 is 20.1 Å². The third kappa shape index (κ3) is 7.88. The summed E-state index contributed by atoms with van der Waals surface area (Å²) in [5.74, 6) is 0. The maximum Gasteiger partial charge on any atom is 0.0897 e. The smallest absolute Gasteiger partial charge is 0.0897 e. The van der Waals surface area contributed by atoms with Crippen molar-refractivity contribution in [2.75, 3.05) is 32.8 Å². The zero-order chi connectivity index (χ0) is 14.1. The fourth-order valence-electron chi connectivity index (χ4n) is 2.53. The molecule has 1 fully saturated rings. The number of aliphatic hydroxyl groups is 1. The first-order valence-electron chi connectivity index (χ1n) is 7.84. The van der Waals surface area contributed by atoms with Crippen molar-refractivity contribution in [1.29, 1.82) is 0 Å². The lowest BCUT2D eigenvalue weighted by Crippen LogP contribution is -2.39. The highest BCUT2D eigenvalue weighted by Crippen LogP contribution is 2.15. The van der Waals surface area contributed by atoms with Crippen molar-refractivity contribution in [3.05, 3.63) is 0 Å². The Morgan fingerprint density at radius 1 is 1.37 bits per heavy atom. The van der Waals surface area contributed by atoms with Gasteiger partial charge in [-0.3, -0.25) is 0 Å². The number of hydrogen-bond acceptors (Lipinski definition) is 4. The van der Waals surface area contributed by atoms with Crippen LogP contribution in [0.25, 0.3) is 0 Å². The van der Waals surface area contributed by atoms with Crippen molar-refractivity contribution in [3.8, 4) is 0 Å². The molecule has 1 saturated heterocycles. The van der Waals surface area contributed by atoms with Gasteiger partial charge in [0, 0.05) is 12.6 Å². The molecule has 114 valence electrons. The summed E-state index contributed by atoms with van der Waals surface area (Å²) in [4.78, 5) is 2.59. The van der Waals surface area contributed by atoms with Gasteiger partial charge in [0.25, 0.3) is 0 Å². The highest BCUT2D eigenvalue weighted by Gasteiger charge is 2.17. The summed E-state index contributed by atoms with van der Waals surface area (Å²) >= 11 is 0. The van der Waals surface area contributed by atoms with Crippen LogP contribution in [0.1, 0.15) is 46.5 Å². The fraction of sp³-hybridized carbons (Fsp3) is 1.00. The molecule has 0 amide bonds. The lowest BCUT2D eigenvalue weighted by atomic mass is 10.0. The van der Waals surface area contributed by atoms with Gasteiger partial charge in [-0.2, -0.15) is 0 Å². The van der Waals surface area contributed by atoms with E-state index in [1.165, 1.54) is 32.4 Å². The van der Waals surface area contributed by atoms with E-state index >= 15 is 0 Å². The van der Waals surface area contributed by atoms with Crippen LogP contribution in [0, 0.1) is 0 Å². The highest BCUT2D eigenvalue weighted by molar-refractivity contribution is 4.73. The summed E-state index contributed by atoms with van der Waals surface area (Å²) in [5, 5.41) is 13.0. The van der Waals surface area contributed by atoms with Crippen LogP contribution >= 0.6 is 0 Å². The van der Waals surface area contributed by atoms with Crippen LogP contribution in [-0.4, -0.2) is 61.0 Å². The van der Waals surface area contributed by atoms with Gasteiger partial charge in [-0.25, -0.2) is 0 Å². The molecule has 1 heterocycles. The molecule has 1 aliphatic rings. The molecular weight excluding hydrogens is 240 g/mol. The van der Waals surface area contributed by atoms with E-state index in [0.717, 1.165) is 19.0 Å². The average molecular weight is 272 g/mol. The first-order chi connectivity index (χ1) is 9.09. The third-order valence-electron chi connectivity index (χ3n) is 3.74. The fourth-order valence-corrected chi connectivity index (χ4v) is 2.53. The lowest BCUT2D eigenvalue weighted by molar-refractivity contribution is 0.00638. The Labute approximate surface area is 118 Å². The van der Waals surface area contributed by atoms with Crippen LogP contribution in [0.3, 0.4) is 0 Å². The van der Waals surface area contributed by atoms with E-state index in [2.05, 4.69) is 17.1 Å². The summed E-state index contributed by atoms with van der Waals surface area (Å²) in [5.41, 5.74) is 0. The maximum absolute atomic E-state index is 9.69. The number of nitrogens with zero attached hydrogens (tertiary/aromatic N) is 1. The van der Waals surface area contributed by atoms with E-state index in [9.17, 15) is 5.11 Å². The van der Waals surface area contributed by atoms with E-state index in [4.69, 9.17) is 4.74 Å². The van der Waals surface area contributed by atoms with Crippen molar-refractivity contribution < 1.29 is 9.84 Å². The Morgan fingerprint density at radius 2 is 2.16 bits per heavy atom. The molecule has 0 aromatic heterocycles. The van der Waals surface area contributed by atoms with Gasteiger partial charge in [-0.15, -0.1) is 0 Å². The molecular formula is C15H32N2O2. The number of rotatable bonds is 9. The van der Waals surface area contributed by atoms with Crippen LogP contribution in [0.5, 0.6) is 0 Å². The summed E-state index contributed by atoms with van der Waals surface area (Å²) < 4.78 is 5.37. The van der Waals surface area contributed by atoms with Crippen LogP contribution in [0.15, 0.2) is 0 Å². The van der Waals surface area contributed by atoms with Crippen LogP contribution in [-0.2, 0) is 4.74 Å². The molecule has 1 rings (SSSR count). The topological polar surface area (TPSA) is 44.7 Å². The Morgan fingerprint density at radius 3 is 2.84 bits per heavy atom. The molecule has 2 atom stereocenters. The maximum atomic E-state index is 9.69. The number of nitrogens with one attached hydrogen (secondary N) is 1. The minimum atomic E-state index is -0.392. The molecule has 0 aromatic carbocycles. The van der Waals surface area contributed by atoms with Crippen LogP contribution in [0.2, 0.25) is 0 Å². The molecule has 0 aliphatic carbocycles. The second kappa shape index (κ2) is 9.70. The van der Waals surface area contributed by atoms with E-state index < -0.39 is 6.10 Å². The number of piperidine rings is 1. The molecule has 0 spiro atoms. The average Bonchev–Trinajstić information content (AvgIpc) is 2.38. The predicted molar refractivity (Wildman–Crippen MR) is 79.5 cm³/mol. The first kappa shape index (κ1) is 16.9. The van der Waals surface area contributed by atoms with Crippen molar-refractivity contribution in [2.24, 2.45) is 0 Å². The summed E-state index contributed by atoms with van der Waals surface area (Å²) in [7, 11) is 0. The van der Waals surface area contributed by atoms with Crippen molar-refractivity contribution >= 4 is 0 Å². The Bertz CT molecular complexity index is 224. The zero-order valence-corrected chi connectivity index (χ0v) is 12.9. The number of likely N-dealkylation sites (tertiary alicyclic amines) is 1. The summed E-state index contributed by atoms with van der Waals surface area (Å²) in [6.45, 7) is 10.8. The monoisotopic (exact) mass is 272 g/mol. The summed E-state index contributed by atoms with van der Waals surface area (Å²) in [6.07, 6.45) is 5.04. The number of hydrogen-bond donors (Lipinski definition) is 2. The minimum Gasteiger partial charge on any atom is -0.389 e. The van der Waals surface area contributed by atoms with Gasteiger partial charge in [0.2, 0.25) is 0 Å². The third-order valence-corrected chi connectivity index (χ3v) is 3.74. The van der Waals surface area contributed by atoms with Crippen LogP contribution in [0.4, 0.5) is 0 Å². The number of ether oxygens (including phenoxy) is 1. The van der Waals surface area contributed by atoms with Gasteiger partial charge in [0.15, 0.2) is 0 Å². The predicted octanol–water partition coefficient (Wildman–Crippen LogP) is 1.63. The van der Waals surface area contributed by atoms with Gasteiger partial charge in [0.1, 0.15) is 0 Å². The highest BCUT2D eigenvalue weighted by atomic mass is 16.5. The molecule has 0 radical (unpaired) electrons. The van der Waals surface area contributed by atoms with Gasteiger partial charge in [0.05, 0.1) is 18.8 Å². The molecule has 0 aromatic rings. The molecule has 2 unspecified atom stereocenters. The zero-order valence-electron chi connectivity index (χ0n) is 12.9. The minimum absolute atomic E-state index is 0.190. The van der Waals surface area contributed by atoms with E-state index in [0.29, 0.717) is 13.2 Å². The van der Waals surface area contributed by atoms with Gasteiger partial charge in [-0.05, 0) is 59.7 Å². The quantitative estimate of drug-likeness (QED) is 0.626. The Hall–Kier alpha value is -0.160. The Balaban J connectivity index is 1.95. The molecule has 4 heteroatoms. The second-order valence-corrected chi connectivity index (χ2v) is 5.97. The van der Waals surface area contributed by atoms with Gasteiger partial charge >= 0.3 is 0 Å². The molecule has 1 aliphatic heterocycles. The summed E-state index contributed by atoms with van der Waals surface area (Å²) in [6, 6.07) is 0.749. The van der Waals surface area contributed by atoms with E-state index in [1.54, 1.807) is 0 Å².